The summed E-state index contributed by atoms with van der Waals surface area (Å²) in [5.74, 6) is 0.616. The van der Waals surface area contributed by atoms with Gasteiger partial charge in [0.25, 0.3) is 0 Å². The van der Waals surface area contributed by atoms with E-state index in [0.29, 0.717) is 12.5 Å². The summed E-state index contributed by atoms with van der Waals surface area (Å²) in [6, 6.07) is 0. The molecular formula is C16H28O2. The maximum absolute atomic E-state index is 12.5. The molecule has 1 saturated heterocycles. The second-order valence-electron chi connectivity index (χ2n) is 6.43. The smallest absolute Gasteiger partial charge is 0.313 e. The molecule has 0 bridgehead atoms. The Bertz CT molecular complexity index is 312. The highest BCUT2D eigenvalue weighted by molar-refractivity contribution is 5.80. The molecule has 0 amide bonds. The first-order chi connectivity index (χ1) is 8.63. The van der Waals surface area contributed by atoms with Crippen LogP contribution >= 0.6 is 0 Å². The van der Waals surface area contributed by atoms with E-state index in [1.807, 2.05) is 0 Å². The third kappa shape index (κ3) is 1.80. The number of rotatable bonds is 4. The van der Waals surface area contributed by atoms with Crippen LogP contribution in [0.4, 0.5) is 0 Å². The number of unbranched alkanes of at least 4 members (excludes halogenated alkanes) is 1. The number of carbonyl (C=O) groups is 1. The Hall–Kier alpha value is -0.530. The third-order valence-corrected chi connectivity index (χ3v) is 5.78. The van der Waals surface area contributed by atoms with Gasteiger partial charge in [-0.25, -0.2) is 0 Å². The molecule has 0 aromatic carbocycles. The summed E-state index contributed by atoms with van der Waals surface area (Å²) in [7, 11) is 0. The standard InChI is InChI=1S/C16H28O2/c1-4-6-10-15(5-2)12-18-14(17)16(15)11-8-7-9-13(16)3/h13H,4-12H2,1-3H3. The molecule has 0 N–H and O–H groups in total. The summed E-state index contributed by atoms with van der Waals surface area (Å²) in [5.41, 5.74) is -0.0326. The van der Waals surface area contributed by atoms with Gasteiger partial charge >= 0.3 is 5.97 Å². The molecule has 2 nitrogen and oxygen atoms in total. The molecule has 1 spiro atoms. The first-order valence-corrected chi connectivity index (χ1v) is 7.80. The summed E-state index contributed by atoms with van der Waals surface area (Å²) >= 11 is 0. The molecule has 0 radical (unpaired) electrons. The van der Waals surface area contributed by atoms with Crippen LogP contribution in [-0.4, -0.2) is 12.6 Å². The number of cyclic esters (lactones) is 1. The minimum atomic E-state index is -0.158. The summed E-state index contributed by atoms with van der Waals surface area (Å²) in [6.45, 7) is 7.44. The molecule has 1 aliphatic carbocycles. The van der Waals surface area contributed by atoms with Crippen molar-refractivity contribution in [2.75, 3.05) is 6.61 Å². The lowest BCUT2D eigenvalue weighted by molar-refractivity contribution is -0.153. The Morgan fingerprint density at radius 1 is 1.33 bits per heavy atom. The highest BCUT2D eigenvalue weighted by Crippen LogP contribution is 2.61. The Balaban J connectivity index is 2.34. The SMILES string of the molecule is CCCCC1(CC)COC(=O)C12CCCCC2C. The van der Waals surface area contributed by atoms with Gasteiger partial charge in [0.1, 0.15) is 0 Å². The van der Waals surface area contributed by atoms with Crippen LogP contribution in [0.1, 0.15) is 72.1 Å². The van der Waals surface area contributed by atoms with Crippen molar-refractivity contribution in [1.82, 2.24) is 0 Å². The van der Waals surface area contributed by atoms with Crippen LogP contribution < -0.4 is 0 Å². The maximum Gasteiger partial charge on any atom is 0.313 e. The van der Waals surface area contributed by atoms with Gasteiger partial charge in [0.2, 0.25) is 0 Å². The molecule has 104 valence electrons. The molecule has 18 heavy (non-hydrogen) atoms. The zero-order valence-corrected chi connectivity index (χ0v) is 12.3. The van der Waals surface area contributed by atoms with Crippen molar-refractivity contribution < 1.29 is 9.53 Å². The van der Waals surface area contributed by atoms with Crippen molar-refractivity contribution in [3.8, 4) is 0 Å². The van der Waals surface area contributed by atoms with Gasteiger partial charge in [0, 0.05) is 5.41 Å². The monoisotopic (exact) mass is 252 g/mol. The van der Waals surface area contributed by atoms with E-state index in [-0.39, 0.29) is 16.8 Å². The predicted octanol–water partition coefficient (Wildman–Crippen LogP) is 4.33. The van der Waals surface area contributed by atoms with E-state index in [2.05, 4.69) is 20.8 Å². The van der Waals surface area contributed by atoms with Crippen LogP contribution in [-0.2, 0) is 9.53 Å². The Labute approximate surface area is 111 Å². The molecule has 1 heterocycles. The van der Waals surface area contributed by atoms with Gasteiger partial charge in [-0.1, -0.05) is 46.5 Å². The van der Waals surface area contributed by atoms with Gasteiger partial charge in [-0.05, 0) is 31.6 Å². The lowest BCUT2D eigenvalue weighted by Crippen LogP contribution is -2.49. The number of hydrogen-bond donors (Lipinski definition) is 0. The van der Waals surface area contributed by atoms with Crippen LogP contribution in [0.25, 0.3) is 0 Å². The lowest BCUT2D eigenvalue weighted by atomic mass is 9.52. The average Bonchev–Trinajstić information content (AvgIpc) is 2.66. The van der Waals surface area contributed by atoms with E-state index in [1.54, 1.807) is 0 Å². The molecule has 0 aromatic rings. The Morgan fingerprint density at radius 3 is 2.72 bits per heavy atom. The van der Waals surface area contributed by atoms with Crippen molar-refractivity contribution >= 4 is 5.97 Å². The van der Waals surface area contributed by atoms with Crippen LogP contribution in [0.2, 0.25) is 0 Å². The lowest BCUT2D eigenvalue weighted by Gasteiger charge is -2.48. The third-order valence-electron chi connectivity index (χ3n) is 5.78. The minimum Gasteiger partial charge on any atom is -0.465 e. The number of carbonyl (C=O) groups excluding carboxylic acids is 1. The van der Waals surface area contributed by atoms with Gasteiger partial charge < -0.3 is 4.74 Å². The number of hydrogen-bond acceptors (Lipinski definition) is 2. The van der Waals surface area contributed by atoms with Gasteiger partial charge in [0.05, 0.1) is 12.0 Å². The zero-order chi connectivity index (χ0) is 13.2. The summed E-state index contributed by atoms with van der Waals surface area (Å²) in [4.78, 5) is 12.5. The van der Waals surface area contributed by atoms with Crippen LogP contribution in [0.15, 0.2) is 0 Å². The average molecular weight is 252 g/mol. The first kappa shape index (κ1) is 13.9. The van der Waals surface area contributed by atoms with Crippen LogP contribution in [0.3, 0.4) is 0 Å². The topological polar surface area (TPSA) is 26.3 Å². The predicted molar refractivity (Wildman–Crippen MR) is 73.3 cm³/mol. The fourth-order valence-electron chi connectivity index (χ4n) is 4.52. The number of ether oxygens (including phenoxy) is 1. The molecule has 3 unspecified atom stereocenters. The van der Waals surface area contributed by atoms with Crippen molar-refractivity contribution in [2.45, 2.75) is 72.1 Å². The molecule has 1 saturated carbocycles. The highest BCUT2D eigenvalue weighted by atomic mass is 16.5. The van der Waals surface area contributed by atoms with Gasteiger partial charge in [-0.3, -0.25) is 4.79 Å². The van der Waals surface area contributed by atoms with Crippen molar-refractivity contribution in [3.05, 3.63) is 0 Å². The maximum atomic E-state index is 12.5. The van der Waals surface area contributed by atoms with Crippen LogP contribution in [0, 0.1) is 16.7 Å². The molecule has 2 fully saturated rings. The molecule has 0 aromatic heterocycles. The van der Waals surface area contributed by atoms with Crippen molar-refractivity contribution in [2.24, 2.45) is 16.7 Å². The molecule has 1 aliphatic heterocycles. The normalized spacial score (nSPS) is 40.2. The largest absolute Gasteiger partial charge is 0.465 e. The number of esters is 1. The van der Waals surface area contributed by atoms with Crippen molar-refractivity contribution in [3.63, 3.8) is 0 Å². The Morgan fingerprint density at radius 2 is 2.11 bits per heavy atom. The van der Waals surface area contributed by atoms with E-state index < -0.39 is 0 Å². The summed E-state index contributed by atoms with van der Waals surface area (Å²) in [6.07, 6.45) is 9.42. The zero-order valence-electron chi connectivity index (χ0n) is 12.3. The summed E-state index contributed by atoms with van der Waals surface area (Å²) < 4.78 is 5.58. The van der Waals surface area contributed by atoms with E-state index in [9.17, 15) is 4.79 Å². The van der Waals surface area contributed by atoms with Crippen LogP contribution in [0.5, 0.6) is 0 Å². The second-order valence-corrected chi connectivity index (χ2v) is 6.43. The quantitative estimate of drug-likeness (QED) is 0.696. The molecule has 2 heteroatoms. The van der Waals surface area contributed by atoms with Gasteiger partial charge in [-0.15, -0.1) is 0 Å². The fraction of sp³-hybridized carbons (Fsp3) is 0.938. The molecule has 2 aliphatic rings. The first-order valence-electron chi connectivity index (χ1n) is 7.80. The van der Waals surface area contributed by atoms with E-state index in [4.69, 9.17) is 4.74 Å². The van der Waals surface area contributed by atoms with Gasteiger partial charge in [-0.2, -0.15) is 0 Å². The highest BCUT2D eigenvalue weighted by Gasteiger charge is 2.63. The molecule has 2 rings (SSSR count). The van der Waals surface area contributed by atoms with E-state index >= 15 is 0 Å². The van der Waals surface area contributed by atoms with E-state index in [1.165, 1.54) is 32.1 Å². The Kier molecular flexibility index (Phi) is 4.03. The fourth-order valence-corrected chi connectivity index (χ4v) is 4.52. The van der Waals surface area contributed by atoms with E-state index in [0.717, 1.165) is 19.3 Å². The minimum absolute atomic E-state index is 0.118. The molecular weight excluding hydrogens is 224 g/mol. The second kappa shape index (κ2) is 5.22. The molecule has 3 atom stereocenters. The summed E-state index contributed by atoms with van der Waals surface area (Å²) in [5, 5.41) is 0. The van der Waals surface area contributed by atoms with Gasteiger partial charge in [0.15, 0.2) is 0 Å². The van der Waals surface area contributed by atoms with Crippen molar-refractivity contribution in [1.29, 1.82) is 0 Å².